The van der Waals surface area contributed by atoms with E-state index in [0.717, 1.165) is 33.0 Å². The van der Waals surface area contributed by atoms with Crippen LogP contribution in [0.15, 0.2) is 252 Å². The van der Waals surface area contributed by atoms with Crippen LogP contribution in [0.4, 0.5) is 0 Å². The van der Waals surface area contributed by atoms with E-state index in [4.69, 9.17) is 9.47 Å². The van der Waals surface area contributed by atoms with E-state index in [-0.39, 0.29) is 0 Å². The smallest absolute Gasteiger partial charge is 0.149 e. The molecule has 0 N–H and O–H groups in total. The zero-order valence-corrected chi connectivity index (χ0v) is 43.5. The molecule has 77 heavy (non-hydrogen) atoms. The fourth-order valence-electron chi connectivity index (χ4n) is 12.7. The Labute approximate surface area is 454 Å². The molecule has 0 amide bonds. The lowest BCUT2D eigenvalue weighted by Gasteiger charge is -2.34. The molecule has 0 bridgehead atoms. The van der Waals surface area contributed by atoms with Crippen LogP contribution in [0.25, 0.3) is 65.3 Å². The number of hydrogen-bond acceptors (Lipinski definition) is 3. The second-order valence-corrected chi connectivity index (χ2v) is 21.3. The highest BCUT2D eigenvalue weighted by molar-refractivity contribution is 7.99. The second kappa shape index (κ2) is 18.8. The number of fused-ring (bicyclic) bond motifs is 10. The van der Waals surface area contributed by atoms with Crippen LogP contribution in [-0.2, 0) is 10.8 Å². The molecule has 2 unspecified atom stereocenters. The molecule has 0 heterocycles. The molecule has 2 nitrogen and oxygen atoms in total. The molecule has 0 aromatic heterocycles. The lowest BCUT2D eigenvalue weighted by molar-refractivity contribution is 0.370. The minimum Gasteiger partial charge on any atom is -0.481 e. The number of benzene rings is 12. The summed E-state index contributed by atoms with van der Waals surface area (Å²) in [6.07, 6.45) is 0. The SMILES string of the molecule is CC#CCOc1ccc2cc(C3(c4ccc(Sc5ccc(C6(c7ccc8cc(OCC#CC)ccc8c7)c7ccccc7-c7cc8ccccc8cc76)cc5)cc4)c4ccccc4-c4cc5ccccc5cc43)ccc2c1. The second-order valence-electron chi connectivity index (χ2n) is 20.1. The van der Waals surface area contributed by atoms with Gasteiger partial charge in [-0.3, -0.25) is 0 Å². The summed E-state index contributed by atoms with van der Waals surface area (Å²) in [5.74, 6) is 13.6. The Morgan fingerprint density at radius 3 is 1.09 bits per heavy atom. The summed E-state index contributed by atoms with van der Waals surface area (Å²) in [6, 6.07) is 90.6. The van der Waals surface area contributed by atoms with Gasteiger partial charge in [-0.1, -0.05) is 181 Å². The molecule has 0 radical (unpaired) electrons. The van der Waals surface area contributed by atoms with E-state index in [2.05, 4.69) is 266 Å². The molecule has 0 saturated carbocycles. The Bertz CT molecular complexity index is 4180. The molecular formula is C74H50O2S. The van der Waals surface area contributed by atoms with E-state index in [9.17, 15) is 0 Å². The minimum absolute atomic E-state index is 0.369. The van der Waals surface area contributed by atoms with Gasteiger partial charge in [-0.25, -0.2) is 0 Å². The highest BCUT2D eigenvalue weighted by Gasteiger charge is 2.48. The van der Waals surface area contributed by atoms with Crippen molar-refractivity contribution in [3.05, 3.63) is 287 Å². The monoisotopic (exact) mass is 1000 g/mol. The fourth-order valence-corrected chi connectivity index (χ4v) is 13.5. The predicted molar refractivity (Wildman–Crippen MR) is 320 cm³/mol. The zero-order chi connectivity index (χ0) is 51.5. The third-order valence-corrected chi connectivity index (χ3v) is 17.1. The lowest BCUT2D eigenvalue weighted by Crippen LogP contribution is -2.28. The normalized spacial score (nSPS) is 15.7. The van der Waals surface area contributed by atoms with Gasteiger partial charge in [-0.15, -0.1) is 11.8 Å². The Balaban J connectivity index is 0.868. The summed E-state index contributed by atoms with van der Waals surface area (Å²) in [7, 11) is 0. The molecule has 2 atom stereocenters. The largest absolute Gasteiger partial charge is 0.481 e. The van der Waals surface area contributed by atoms with Crippen molar-refractivity contribution in [2.75, 3.05) is 13.2 Å². The van der Waals surface area contributed by atoms with E-state index in [1.54, 1.807) is 11.8 Å². The van der Waals surface area contributed by atoms with Gasteiger partial charge in [0, 0.05) is 9.79 Å². The fraction of sp³-hybridized carbons (Fsp3) is 0.0811. The van der Waals surface area contributed by atoms with Crippen molar-refractivity contribution in [2.24, 2.45) is 0 Å². The van der Waals surface area contributed by atoms with Gasteiger partial charge in [0.2, 0.25) is 0 Å². The van der Waals surface area contributed by atoms with Gasteiger partial charge < -0.3 is 9.47 Å². The number of hydrogen-bond donors (Lipinski definition) is 0. The maximum Gasteiger partial charge on any atom is 0.149 e. The molecule has 0 aliphatic heterocycles. The van der Waals surface area contributed by atoms with Crippen LogP contribution in [0.3, 0.4) is 0 Å². The third kappa shape index (κ3) is 7.53. The summed E-state index contributed by atoms with van der Waals surface area (Å²) >= 11 is 1.81. The first kappa shape index (κ1) is 46.3. The van der Waals surface area contributed by atoms with Gasteiger partial charge in [0.05, 0.1) is 10.8 Å². The predicted octanol–water partition coefficient (Wildman–Crippen LogP) is 18.0. The first-order chi connectivity index (χ1) is 38.0. The Morgan fingerprint density at radius 1 is 0.312 bits per heavy atom. The molecule has 0 saturated heterocycles. The van der Waals surface area contributed by atoms with Crippen molar-refractivity contribution in [1.29, 1.82) is 0 Å². The molecule has 3 heteroatoms. The summed E-state index contributed by atoms with van der Waals surface area (Å²) in [5.41, 5.74) is 14.0. The lowest BCUT2D eigenvalue weighted by atomic mass is 9.67. The van der Waals surface area contributed by atoms with Crippen LogP contribution in [0, 0.1) is 23.7 Å². The first-order valence-corrected chi connectivity index (χ1v) is 27.1. The quantitative estimate of drug-likeness (QED) is 0.127. The van der Waals surface area contributed by atoms with Gasteiger partial charge in [0.15, 0.2) is 0 Å². The summed E-state index contributed by atoms with van der Waals surface area (Å²) in [6.45, 7) is 4.41. The average Bonchev–Trinajstić information content (AvgIpc) is 4.11. The van der Waals surface area contributed by atoms with Crippen LogP contribution in [0.5, 0.6) is 11.5 Å². The molecule has 14 rings (SSSR count). The van der Waals surface area contributed by atoms with Crippen molar-refractivity contribution >= 4 is 54.9 Å². The maximum atomic E-state index is 6.00. The van der Waals surface area contributed by atoms with Gasteiger partial charge >= 0.3 is 0 Å². The standard InChI is InChI=1S/C74H50O2S/c1-3-5-39-75-61-33-25-53-41-59(27-23-55(53)43-61)73(69-21-13-11-19-65(69)67-45-49-15-7-9-17-51(49)47-71(67)73)57-29-35-63(36-30-57)77-64-37-31-58(32-38-64)74(60-28-24-56-44-62(76-40-6-4-2)34-26-54(56)42-60)70-22-14-12-20-66(70)68-46-50-16-8-10-18-52(50)48-72(68)74/h7-38,41-48H,39-40H2,1-2H3. The minimum atomic E-state index is -0.572. The van der Waals surface area contributed by atoms with Crippen molar-refractivity contribution in [1.82, 2.24) is 0 Å². The van der Waals surface area contributed by atoms with Crippen LogP contribution >= 0.6 is 11.8 Å². The zero-order valence-electron chi connectivity index (χ0n) is 42.7. The number of ether oxygens (including phenoxy) is 2. The van der Waals surface area contributed by atoms with Crippen molar-refractivity contribution in [2.45, 2.75) is 34.5 Å². The van der Waals surface area contributed by atoms with E-state index in [1.807, 2.05) is 13.8 Å². The van der Waals surface area contributed by atoms with E-state index < -0.39 is 10.8 Å². The molecule has 12 aromatic carbocycles. The highest BCUT2D eigenvalue weighted by atomic mass is 32.2. The van der Waals surface area contributed by atoms with Crippen LogP contribution in [0.2, 0.25) is 0 Å². The van der Waals surface area contributed by atoms with E-state index >= 15 is 0 Å². The third-order valence-electron chi connectivity index (χ3n) is 16.1. The average molecular weight is 1000 g/mol. The molecular weight excluding hydrogens is 953 g/mol. The van der Waals surface area contributed by atoms with E-state index in [1.165, 1.54) is 98.1 Å². The van der Waals surface area contributed by atoms with Crippen LogP contribution in [0.1, 0.15) is 58.4 Å². The molecule has 2 aliphatic rings. The molecule has 364 valence electrons. The molecule has 0 spiro atoms. The summed E-state index contributed by atoms with van der Waals surface area (Å²) in [4.78, 5) is 2.36. The van der Waals surface area contributed by atoms with Gasteiger partial charge in [0.1, 0.15) is 24.7 Å². The van der Waals surface area contributed by atoms with Crippen LogP contribution in [-0.4, -0.2) is 13.2 Å². The topological polar surface area (TPSA) is 18.5 Å². The Hall–Kier alpha value is -9.25. The Morgan fingerprint density at radius 2 is 0.662 bits per heavy atom. The Kier molecular flexibility index (Phi) is 11.3. The number of rotatable bonds is 10. The molecule has 2 aliphatic carbocycles. The van der Waals surface area contributed by atoms with Crippen molar-refractivity contribution < 1.29 is 9.47 Å². The van der Waals surface area contributed by atoms with Crippen molar-refractivity contribution in [3.63, 3.8) is 0 Å². The highest BCUT2D eigenvalue weighted by Crippen LogP contribution is 2.59. The van der Waals surface area contributed by atoms with E-state index in [0.29, 0.717) is 13.2 Å². The van der Waals surface area contributed by atoms with Crippen LogP contribution < -0.4 is 9.47 Å². The van der Waals surface area contributed by atoms with Gasteiger partial charge in [-0.2, -0.15) is 0 Å². The van der Waals surface area contributed by atoms with Gasteiger partial charge in [0.25, 0.3) is 0 Å². The summed E-state index contributed by atoms with van der Waals surface area (Å²) in [5, 5.41) is 9.53. The first-order valence-electron chi connectivity index (χ1n) is 26.3. The van der Waals surface area contributed by atoms with Crippen molar-refractivity contribution in [3.8, 4) is 57.4 Å². The maximum absolute atomic E-state index is 6.00. The summed E-state index contributed by atoms with van der Waals surface area (Å²) < 4.78 is 12.0. The molecule has 12 aromatic rings. The van der Waals surface area contributed by atoms with Gasteiger partial charge in [-0.05, 0) is 209 Å². The molecule has 0 fully saturated rings.